The lowest BCUT2D eigenvalue weighted by Crippen LogP contribution is -2.24. The number of aromatic amines is 1. The highest BCUT2D eigenvalue weighted by Gasteiger charge is 2.15. The molecule has 0 bridgehead atoms. The number of aromatic nitrogens is 1. The molecule has 0 saturated heterocycles. The predicted molar refractivity (Wildman–Crippen MR) is 77.6 cm³/mol. The normalized spacial score (nSPS) is 11.5. The molecule has 20 heavy (non-hydrogen) atoms. The van der Waals surface area contributed by atoms with Crippen molar-refractivity contribution in [1.82, 2.24) is 9.71 Å². The average Bonchev–Trinajstić information content (AvgIpc) is 2.41. The van der Waals surface area contributed by atoms with E-state index in [4.69, 9.17) is 23.2 Å². The monoisotopic (exact) mass is 332 g/mol. The first-order valence-corrected chi connectivity index (χ1v) is 7.75. The molecule has 0 atom stereocenters. The first-order valence-electron chi connectivity index (χ1n) is 5.51. The lowest BCUT2D eigenvalue weighted by Gasteiger charge is -2.08. The van der Waals surface area contributed by atoms with Crippen LogP contribution in [0.25, 0.3) is 0 Å². The Bertz CT molecular complexity index is 787. The Labute approximate surface area is 125 Å². The molecule has 0 saturated carbocycles. The number of pyridine rings is 1. The predicted octanol–water partition coefficient (Wildman–Crippen LogP) is 2.16. The van der Waals surface area contributed by atoms with Crippen molar-refractivity contribution in [2.24, 2.45) is 0 Å². The Balaban J connectivity index is 2.21. The summed E-state index contributed by atoms with van der Waals surface area (Å²) in [6.45, 7) is 0.0404. The fourth-order valence-electron chi connectivity index (χ4n) is 1.49. The highest BCUT2D eigenvalue weighted by molar-refractivity contribution is 7.89. The zero-order valence-electron chi connectivity index (χ0n) is 10.1. The van der Waals surface area contributed by atoms with Gasteiger partial charge in [0.05, 0.1) is 4.90 Å². The van der Waals surface area contributed by atoms with Crippen LogP contribution in [-0.2, 0) is 16.6 Å². The number of H-pyrrole nitrogens is 1. The van der Waals surface area contributed by atoms with E-state index in [2.05, 4.69) is 9.71 Å². The third-order valence-electron chi connectivity index (χ3n) is 2.55. The second-order valence-electron chi connectivity index (χ2n) is 3.93. The Hall–Kier alpha value is -1.34. The highest BCUT2D eigenvalue weighted by atomic mass is 35.5. The summed E-state index contributed by atoms with van der Waals surface area (Å²) in [5, 5.41) is 0.278. The summed E-state index contributed by atoms with van der Waals surface area (Å²) in [5.74, 6) is 0. The molecule has 0 aliphatic heterocycles. The SMILES string of the molecule is O=c1[nH]cc(S(=O)(=O)NCc2ccccc2Cl)cc1Cl. The van der Waals surface area contributed by atoms with Crippen molar-refractivity contribution in [2.75, 3.05) is 0 Å². The second-order valence-corrected chi connectivity index (χ2v) is 6.51. The Morgan fingerprint density at radius 3 is 2.50 bits per heavy atom. The van der Waals surface area contributed by atoms with E-state index in [1.165, 1.54) is 0 Å². The lowest BCUT2D eigenvalue weighted by molar-refractivity contribution is 0.581. The van der Waals surface area contributed by atoms with Gasteiger partial charge in [-0.3, -0.25) is 4.79 Å². The fraction of sp³-hybridized carbons (Fsp3) is 0.0833. The average molecular weight is 333 g/mol. The van der Waals surface area contributed by atoms with Crippen molar-refractivity contribution in [3.8, 4) is 0 Å². The third kappa shape index (κ3) is 3.40. The van der Waals surface area contributed by atoms with E-state index in [0.29, 0.717) is 10.6 Å². The van der Waals surface area contributed by atoms with E-state index in [1.807, 2.05) is 0 Å². The van der Waals surface area contributed by atoms with Crippen molar-refractivity contribution >= 4 is 33.2 Å². The van der Waals surface area contributed by atoms with Crippen molar-refractivity contribution < 1.29 is 8.42 Å². The van der Waals surface area contributed by atoms with Crippen LogP contribution in [0.15, 0.2) is 46.2 Å². The summed E-state index contributed by atoms with van der Waals surface area (Å²) in [7, 11) is -3.78. The maximum absolute atomic E-state index is 12.0. The highest BCUT2D eigenvalue weighted by Crippen LogP contribution is 2.16. The molecule has 0 fully saturated rings. The number of hydrogen-bond donors (Lipinski definition) is 2. The van der Waals surface area contributed by atoms with Crippen LogP contribution < -0.4 is 10.3 Å². The molecular weight excluding hydrogens is 323 g/mol. The van der Waals surface area contributed by atoms with Crippen molar-refractivity contribution in [1.29, 1.82) is 0 Å². The summed E-state index contributed by atoms with van der Waals surface area (Å²) < 4.78 is 26.5. The minimum absolute atomic E-state index is 0.0404. The van der Waals surface area contributed by atoms with Gasteiger partial charge >= 0.3 is 0 Å². The van der Waals surface area contributed by atoms with Crippen LogP contribution in [0.1, 0.15) is 5.56 Å². The van der Waals surface area contributed by atoms with Crippen molar-refractivity contribution in [2.45, 2.75) is 11.4 Å². The number of hydrogen-bond acceptors (Lipinski definition) is 3. The van der Waals surface area contributed by atoms with Crippen molar-refractivity contribution in [3.05, 3.63) is 62.5 Å². The van der Waals surface area contributed by atoms with Crippen LogP contribution in [0.2, 0.25) is 10.0 Å². The molecule has 5 nitrogen and oxygen atoms in total. The quantitative estimate of drug-likeness (QED) is 0.900. The number of halogens is 2. The molecule has 0 aliphatic carbocycles. The molecule has 8 heteroatoms. The molecule has 1 aromatic heterocycles. The Kier molecular flexibility index (Phi) is 4.49. The molecule has 2 rings (SSSR count). The van der Waals surface area contributed by atoms with Crippen LogP contribution in [0.3, 0.4) is 0 Å². The number of benzene rings is 1. The zero-order valence-corrected chi connectivity index (χ0v) is 12.4. The first-order chi connectivity index (χ1) is 9.40. The summed E-state index contributed by atoms with van der Waals surface area (Å²) in [5.41, 5.74) is 0.102. The standard InChI is InChI=1S/C12H10Cl2N2O3S/c13-10-4-2-1-3-8(10)6-16-20(18,19)9-5-11(14)12(17)15-7-9/h1-5,7,16H,6H2,(H,15,17). The van der Waals surface area contributed by atoms with Gasteiger partial charge in [-0.2, -0.15) is 0 Å². The molecule has 2 N–H and O–H groups in total. The maximum Gasteiger partial charge on any atom is 0.266 e. The molecule has 106 valence electrons. The Morgan fingerprint density at radius 1 is 1.15 bits per heavy atom. The first kappa shape index (κ1) is 15.1. The molecule has 1 aromatic carbocycles. The largest absolute Gasteiger partial charge is 0.326 e. The number of sulfonamides is 1. The van der Waals surface area contributed by atoms with Gasteiger partial charge in [-0.1, -0.05) is 41.4 Å². The van der Waals surface area contributed by atoms with E-state index in [0.717, 1.165) is 12.3 Å². The molecule has 0 radical (unpaired) electrons. The molecule has 1 heterocycles. The van der Waals surface area contributed by atoms with Gasteiger partial charge < -0.3 is 4.98 Å². The van der Waals surface area contributed by atoms with Gasteiger partial charge in [0.15, 0.2) is 0 Å². The number of nitrogens with one attached hydrogen (secondary N) is 2. The lowest BCUT2D eigenvalue weighted by atomic mass is 10.2. The van der Waals surface area contributed by atoms with Crippen molar-refractivity contribution in [3.63, 3.8) is 0 Å². The summed E-state index contributed by atoms with van der Waals surface area (Å²) in [6, 6.07) is 7.98. The maximum atomic E-state index is 12.0. The van der Waals surface area contributed by atoms with Gasteiger partial charge in [0.1, 0.15) is 5.02 Å². The van der Waals surface area contributed by atoms with E-state index in [1.54, 1.807) is 24.3 Å². The topological polar surface area (TPSA) is 79.0 Å². The fourth-order valence-corrected chi connectivity index (χ4v) is 2.93. The molecule has 0 aliphatic rings. The van der Waals surface area contributed by atoms with Gasteiger partial charge in [0, 0.05) is 17.8 Å². The molecule has 0 unspecified atom stereocenters. The zero-order chi connectivity index (χ0) is 14.8. The van der Waals surface area contributed by atoms with Gasteiger partial charge in [0.25, 0.3) is 5.56 Å². The Morgan fingerprint density at radius 2 is 1.85 bits per heavy atom. The van der Waals surface area contributed by atoms with Gasteiger partial charge in [0.2, 0.25) is 10.0 Å². The summed E-state index contributed by atoms with van der Waals surface area (Å²) in [6.07, 6.45) is 1.09. The van der Waals surface area contributed by atoms with Crippen LogP contribution in [-0.4, -0.2) is 13.4 Å². The molecule has 2 aromatic rings. The molecular formula is C12H10Cl2N2O3S. The molecule has 0 amide bonds. The molecule has 0 spiro atoms. The van der Waals surface area contributed by atoms with Crippen LogP contribution in [0.4, 0.5) is 0 Å². The smallest absolute Gasteiger partial charge is 0.266 e. The minimum atomic E-state index is -3.78. The van der Waals surface area contributed by atoms with E-state index >= 15 is 0 Å². The van der Waals surface area contributed by atoms with E-state index < -0.39 is 15.6 Å². The summed E-state index contributed by atoms with van der Waals surface area (Å²) in [4.78, 5) is 13.2. The van der Waals surface area contributed by atoms with E-state index in [-0.39, 0.29) is 16.5 Å². The van der Waals surface area contributed by atoms with Crippen LogP contribution in [0.5, 0.6) is 0 Å². The van der Waals surface area contributed by atoms with Crippen LogP contribution >= 0.6 is 23.2 Å². The number of rotatable bonds is 4. The van der Waals surface area contributed by atoms with Gasteiger partial charge in [-0.05, 0) is 17.7 Å². The van der Waals surface area contributed by atoms with Crippen LogP contribution in [0, 0.1) is 0 Å². The van der Waals surface area contributed by atoms with Gasteiger partial charge in [-0.15, -0.1) is 0 Å². The van der Waals surface area contributed by atoms with E-state index in [9.17, 15) is 13.2 Å². The van der Waals surface area contributed by atoms with Gasteiger partial charge in [-0.25, -0.2) is 13.1 Å². The third-order valence-corrected chi connectivity index (χ3v) is 4.58. The summed E-state index contributed by atoms with van der Waals surface area (Å²) >= 11 is 11.5. The second kappa shape index (κ2) is 5.97. The minimum Gasteiger partial charge on any atom is -0.326 e.